The molecule has 3 aromatic carbocycles. The number of likely N-dealkylation sites (tertiary alicyclic amines) is 1. The SMILES string of the molecule is COc1ccc(S(=O)(=O)N(c2ccc(OC(F)(F)F)cc2)C2CCN(Cc3ccccc3)CC2)cc1. The van der Waals surface area contributed by atoms with Crippen molar-refractivity contribution in [2.45, 2.75) is 36.7 Å². The van der Waals surface area contributed by atoms with Crippen molar-refractivity contribution in [3.05, 3.63) is 84.4 Å². The van der Waals surface area contributed by atoms with Gasteiger partial charge in [0.15, 0.2) is 0 Å². The summed E-state index contributed by atoms with van der Waals surface area (Å²) in [6.45, 7) is 2.13. The second-order valence-corrected chi connectivity index (χ2v) is 10.3. The number of nitrogens with zero attached hydrogens (tertiary/aromatic N) is 2. The highest BCUT2D eigenvalue weighted by Gasteiger charge is 2.35. The second kappa shape index (κ2) is 10.8. The van der Waals surface area contributed by atoms with Crippen LogP contribution in [0.15, 0.2) is 83.8 Å². The van der Waals surface area contributed by atoms with E-state index in [0.29, 0.717) is 31.7 Å². The molecule has 0 radical (unpaired) electrons. The first-order valence-corrected chi connectivity index (χ1v) is 12.9. The monoisotopic (exact) mass is 520 g/mol. The van der Waals surface area contributed by atoms with Gasteiger partial charge in [0.1, 0.15) is 11.5 Å². The number of alkyl halides is 3. The topological polar surface area (TPSA) is 59.1 Å². The molecule has 1 fully saturated rings. The summed E-state index contributed by atoms with van der Waals surface area (Å²) in [5, 5.41) is 0. The van der Waals surface area contributed by atoms with Gasteiger partial charge in [0.2, 0.25) is 0 Å². The first kappa shape index (κ1) is 25.8. The zero-order valence-corrected chi connectivity index (χ0v) is 20.5. The summed E-state index contributed by atoms with van der Waals surface area (Å²) < 4.78 is 75.8. The zero-order valence-electron chi connectivity index (χ0n) is 19.7. The Bertz CT molecular complexity index is 1230. The minimum Gasteiger partial charge on any atom is -0.497 e. The Balaban J connectivity index is 1.59. The zero-order chi connectivity index (χ0) is 25.8. The molecule has 0 saturated carbocycles. The molecule has 36 heavy (non-hydrogen) atoms. The van der Waals surface area contributed by atoms with Crippen LogP contribution in [0.5, 0.6) is 11.5 Å². The maximum absolute atomic E-state index is 13.8. The fourth-order valence-electron chi connectivity index (χ4n) is 4.36. The third kappa shape index (κ3) is 6.30. The van der Waals surface area contributed by atoms with Gasteiger partial charge in [0.05, 0.1) is 17.7 Å². The summed E-state index contributed by atoms with van der Waals surface area (Å²) >= 11 is 0. The fraction of sp³-hybridized carbons (Fsp3) is 0.308. The van der Waals surface area contributed by atoms with E-state index in [1.54, 1.807) is 12.1 Å². The summed E-state index contributed by atoms with van der Waals surface area (Å²) in [5.74, 6) is 0.106. The number of rotatable bonds is 8. The molecule has 0 N–H and O–H groups in total. The quantitative estimate of drug-likeness (QED) is 0.395. The van der Waals surface area contributed by atoms with Gasteiger partial charge in [-0.15, -0.1) is 13.2 Å². The average molecular weight is 521 g/mol. The van der Waals surface area contributed by atoms with E-state index in [4.69, 9.17) is 4.74 Å². The normalized spacial score (nSPS) is 15.4. The van der Waals surface area contributed by atoms with Crippen molar-refractivity contribution in [3.8, 4) is 11.5 Å². The first-order chi connectivity index (χ1) is 17.2. The lowest BCUT2D eigenvalue weighted by atomic mass is 10.0. The summed E-state index contributed by atoms with van der Waals surface area (Å²) in [6, 6.07) is 20.7. The molecule has 0 spiro atoms. The van der Waals surface area contributed by atoms with Crippen LogP contribution in [0.2, 0.25) is 0 Å². The Morgan fingerprint density at radius 2 is 1.47 bits per heavy atom. The van der Waals surface area contributed by atoms with Crippen molar-refractivity contribution in [2.75, 3.05) is 24.5 Å². The molecular weight excluding hydrogens is 493 g/mol. The number of halogens is 3. The van der Waals surface area contributed by atoms with E-state index in [-0.39, 0.29) is 16.6 Å². The number of anilines is 1. The minimum atomic E-state index is -4.83. The maximum atomic E-state index is 13.8. The molecule has 0 aliphatic carbocycles. The standard InChI is InChI=1S/C26H27F3N2O4S/c1-34-23-11-13-25(14-12-23)36(32,33)31(21-7-9-24(10-8-21)35-26(27,28)29)22-15-17-30(18-16-22)19-20-5-3-2-4-6-20/h2-14,22H,15-19H2,1H3. The number of ether oxygens (including phenoxy) is 2. The Kier molecular flexibility index (Phi) is 7.75. The summed E-state index contributed by atoms with van der Waals surface area (Å²) in [6.07, 6.45) is -3.69. The number of benzene rings is 3. The third-order valence-corrected chi connectivity index (χ3v) is 7.97. The van der Waals surface area contributed by atoms with Crippen LogP contribution in [-0.2, 0) is 16.6 Å². The molecule has 4 rings (SSSR count). The van der Waals surface area contributed by atoms with E-state index in [2.05, 4.69) is 21.8 Å². The van der Waals surface area contributed by atoms with Gasteiger partial charge in [-0.25, -0.2) is 8.42 Å². The Hall–Kier alpha value is -3.24. The molecule has 0 bridgehead atoms. The van der Waals surface area contributed by atoms with Crippen molar-refractivity contribution in [1.29, 1.82) is 0 Å². The van der Waals surface area contributed by atoms with Crippen molar-refractivity contribution < 1.29 is 31.1 Å². The number of sulfonamides is 1. The van der Waals surface area contributed by atoms with E-state index >= 15 is 0 Å². The van der Waals surface area contributed by atoms with Gasteiger partial charge in [-0.2, -0.15) is 0 Å². The molecule has 10 heteroatoms. The molecule has 1 heterocycles. The Morgan fingerprint density at radius 1 is 0.889 bits per heavy atom. The van der Waals surface area contributed by atoms with Gasteiger partial charge in [-0.05, 0) is 66.9 Å². The fourth-order valence-corrected chi connectivity index (χ4v) is 6.07. The predicted molar refractivity (Wildman–Crippen MR) is 131 cm³/mol. The maximum Gasteiger partial charge on any atom is 0.573 e. The molecule has 0 aromatic heterocycles. The van der Waals surface area contributed by atoms with Gasteiger partial charge < -0.3 is 9.47 Å². The molecular formula is C26H27F3N2O4S. The van der Waals surface area contributed by atoms with Crippen LogP contribution in [0.1, 0.15) is 18.4 Å². The van der Waals surface area contributed by atoms with Crippen molar-refractivity contribution >= 4 is 15.7 Å². The summed E-state index contributed by atoms with van der Waals surface area (Å²) in [5.41, 5.74) is 1.46. The van der Waals surface area contributed by atoms with E-state index in [1.807, 2.05) is 18.2 Å². The van der Waals surface area contributed by atoms with Crippen molar-refractivity contribution in [3.63, 3.8) is 0 Å². The highest BCUT2D eigenvalue weighted by molar-refractivity contribution is 7.92. The number of methoxy groups -OCH3 is 1. The Labute approximate surface area is 208 Å². The van der Waals surface area contributed by atoms with Gasteiger partial charge in [-0.3, -0.25) is 9.21 Å². The van der Waals surface area contributed by atoms with E-state index in [0.717, 1.165) is 18.7 Å². The van der Waals surface area contributed by atoms with Crippen molar-refractivity contribution in [2.24, 2.45) is 0 Å². The van der Waals surface area contributed by atoms with Crippen LogP contribution >= 0.6 is 0 Å². The summed E-state index contributed by atoms with van der Waals surface area (Å²) in [4.78, 5) is 2.34. The molecule has 1 aliphatic rings. The lowest BCUT2D eigenvalue weighted by Crippen LogP contribution is -2.47. The minimum absolute atomic E-state index is 0.0747. The van der Waals surface area contributed by atoms with E-state index in [1.165, 1.54) is 41.2 Å². The molecule has 1 saturated heterocycles. The average Bonchev–Trinajstić information content (AvgIpc) is 2.86. The number of hydrogen-bond acceptors (Lipinski definition) is 5. The largest absolute Gasteiger partial charge is 0.573 e. The molecule has 0 atom stereocenters. The molecule has 6 nitrogen and oxygen atoms in total. The lowest BCUT2D eigenvalue weighted by Gasteiger charge is -2.39. The van der Waals surface area contributed by atoms with Crippen LogP contribution in [0.4, 0.5) is 18.9 Å². The van der Waals surface area contributed by atoms with Gasteiger partial charge in [0, 0.05) is 25.7 Å². The molecule has 0 unspecified atom stereocenters. The summed E-state index contributed by atoms with van der Waals surface area (Å²) in [7, 11) is -2.52. The first-order valence-electron chi connectivity index (χ1n) is 11.5. The third-order valence-electron chi connectivity index (χ3n) is 6.08. The number of piperidine rings is 1. The van der Waals surface area contributed by atoms with Crippen LogP contribution in [0.25, 0.3) is 0 Å². The lowest BCUT2D eigenvalue weighted by molar-refractivity contribution is -0.274. The van der Waals surface area contributed by atoms with Crippen LogP contribution in [0.3, 0.4) is 0 Å². The van der Waals surface area contributed by atoms with Crippen LogP contribution in [0, 0.1) is 0 Å². The second-order valence-electron chi connectivity index (χ2n) is 8.51. The van der Waals surface area contributed by atoms with E-state index in [9.17, 15) is 21.6 Å². The Morgan fingerprint density at radius 3 is 2.03 bits per heavy atom. The number of hydrogen-bond donors (Lipinski definition) is 0. The molecule has 0 amide bonds. The highest BCUT2D eigenvalue weighted by atomic mass is 32.2. The molecule has 3 aromatic rings. The van der Waals surface area contributed by atoms with Gasteiger partial charge in [0.25, 0.3) is 10.0 Å². The van der Waals surface area contributed by atoms with Gasteiger partial charge >= 0.3 is 6.36 Å². The smallest absolute Gasteiger partial charge is 0.497 e. The highest BCUT2D eigenvalue weighted by Crippen LogP contribution is 2.33. The van der Waals surface area contributed by atoms with E-state index < -0.39 is 22.1 Å². The van der Waals surface area contributed by atoms with Crippen molar-refractivity contribution in [1.82, 2.24) is 4.90 Å². The molecule has 1 aliphatic heterocycles. The van der Waals surface area contributed by atoms with Crippen LogP contribution in [-0.4, -0.2) is 45.9 Å². The van der Waals surface area contributed by atoms with Gasteiger partial charge in [-0.1, -0.05) is 30.3 Å². The predicted octanol–water partition coefficient (Wildman–Crippen LogP) is 5.45. The van der Waals surface area contributed by atoms with Crippen LogP contribution < -0.4 is 13.8 Å². The molecule has 192 valence electrons.